The van der Waals surface area contributed by atoms with Gasteiger partial charge in [0.05, 0.1) is 11.0 Å². The van der Waals surface area contributed by atoms with Crippen molar-refractivity contribution in [3.05, 3.63) is 50.5 Å². The van der Waals surface area contributed by atoms with Gasteiger partial charge < -0.3 is 10.2 Å². The number of imidazole rings is 1. The third-order valence-corrected chi connectivity index (χ3v) is 3.57. The van der Waals surface area contributed by atoms with Crippen LogP contribution >= 0.6 is 0 Å². The minimum absolute atomic E-state index is 0.216. The number of aromatic nitrogens is 4. The molecule has 0 aromatic heterocycles. The summed E-state index contributed by atoms with van der Waals surface area (Å²) in [4.78, 5) is 20.5. The second-order valence-electron chi connectivity index (χ2n) is 5.06. The first kappa shape index (κ1) is 14.8. The smallest absolute Gasteiger partial charge is 0.299 e. The number of nitrogens with zero attached hydrogens (tertiary/aromatic N) is 3. The first-order valence-electron chi connectivity index (χ1n) is 7.21. The van der Waals surface area contributed by atoms with Gasteiger partial charge in [0, 0.05) is 0 Å². The van der Waals surface area contributed by atoms with Gasteiger partial charge in [-0.1, -0.05) is 19.1 Å². The fraction of sp³-hybridized carbons (Fsp3) is 0.188. The quantitative estimate of drug-likeness (QED) is 0.578. The molecule has 0 radical (unpaired) electrons. The normalized spacial score (nSPS) is 13.1. The summed E-state index contributed by atoms with van der Waals surface area (Å²) in [5, 5.41) is 23.2. The van der Waals surface area contributed by atoms with E-state index in [1.807, 2.05) is 19.9 Å². The molecule has 2 heterocycles. The zero-order chi connectivity index (χ0) is 16.6. The predicted molar refractivity (Wildman–Crippen MR) is 85.3 cm³/mol. The molecule has 2 aliphatic rings. The van der Waals surface area contributed by atoms with Gasteiger partial charge in [0.2, 0.25) is 0 Å². The summed E-state index contributed by atoms with van der Waals surface area (Å²) in [6.07, 6.45) is 4.18. The Labute approximate surface area is 131 Å². The molecule has 0 bridgehead atoms. The number of hydrogen-bond acceptors (Lipinski definition) is 5. The van der Waals surface area contributed by atoms with Gasteiger partial charge in [0.15, 0.2) is 11.5 Å². The maximum Gasteiger partial charge on any atom is 0.299 e. The van der Waals surface area contributed by atoms with E-state index in [4.69, 9.17) is 0 Å². The Bertz CT molecular complexity index is 1020. The Hall–Kier alpha value is -3.09. The molecule has 7 nitrogen and oxygen atoms in total. The van der Waals surface area contributed by atoms with Crippen molar-refractivity contribution in [3.63, 3.8) is 0 Å². The van der Waals surface area contributed by atoms with Gasteiger partial charge in [0.1, 0.15) is 5.35 Å². The molecule has 0 spiro atoms. The fourth-order valence-electron chi connectivity index (χ4n) is 2.37. The number of nitrogens with one attached hydrogen (secondary N) is 1. The Balaban J connectivity index is 2.30. The van der Waals surface area contributed by atoms with E-state index >= 15 is 0 Å². The van der Waals surface area contributed by atoms with Crippen LogP contribution in [0.25, 0.3) is 18.1 Å². The van der Waals surface area contributed by atoms with E-state index in [-0.39, 0.29) is 11.5 Å². The number of hydrogen-bond donors (Lipinski definition) is 3. The first-order chi connectivity index (χ1) is 11.0. The molecular weight excluding hydrogens is 296 g/mol. The maximum absolute atomic E-state index is 12.1. The van der Waals surface area contributed by atoms with Crippen molar-refractivity contribution in [1.82, 2.24) is 19.7 Å². The van der Waals surface area contributed by atoms with Crippen LogP contribution in [0.4, 0.5) is 0 Å². The Kier molecular flexibility index (Phi) is 3.61. The summed E-state index contributed by atoms with van der Waals surface area (Å²) in [5.41, 5.74) is 0.977. The Morgan fingerprint density at radius 1 is 1.26 bits per heavy atom. The molecular formula is C16H16N4O3. The summed E-state index contributed by atoms with van der Waals surface area (Å²) in [5.74, 6) is -0.170. The highest BCUT2D eigenvalue weighted by atomic mass is 16.3. The van der Waals surface area contributed by atoms with Crippen LogP contribution in [0.2, 0.25) is 0 Å². The highest BCUT2D eigenvalue weighted by Crippen LogP contribution is 2.24. The number of benzene rings is 1. The Morgan fingerprint density at radius 3 is 2.70 bits per heavy atom. The van der Waals surface area contributed by atoms with E-state index < -0.39 is 5.56 Å². The number of aromatic hydroxyl groups is 2. The molecule has 0 saturated carbocycles. The number of H-pyrrole nitrogens is 1. The van der Waals surface area contributed by atoms with E-state index in [9.17, 15) is 15.0 Å². The lowest BCUT2D eigenvalue weighted by Gasteiger charge is -2.06. The van der Waals surface area contributed by atoms with Crippen molar-refractivity contribution in [2.24, 2.45) is 0 Å². The van der Waals surface area contributed by atoms with E-state index in [0.717, 1.165) is 17.5 Å². The molecule has 3 N–H and O–H groups in total. The summed E-state index contributed by atoms with van der Waals surface area (Å²) in [6.45, 7) is 3.86. The fourth-order valence-corrected chi connectivity index (χ4v) is 2.37. The average molecular weight is 312 g/mol. The standard InChI is InChI=1S/C16H16N4O3/c1-3-10-11(4-2)19-20-12(15(23)18-16(20)17-10)7-9-5-6-13(21)14(22)8-9/h4-8,19,21-22H,3H2,1-2H3. The van der Waals surface area contributed by atoms with Gasteiger partial charge in [-0.25, -0.2) is 9.67 Å². The summed E-state index contributed by atoms with van der Waals surface area (Å²) in [6, 6.07) is 4.32. The minimum Gasteiger partial charge on any atom is -0.504 e. The van der Waals surface area contributed by atoms with Crippen molar-refractivity contribution in [3.8, 4) is 17.4 Å². The maximum atomic E-state index is 12.1. The van der Waals surface area contributed by atoms with Crippen LogP contribution in [0.15, 0.2) is 23.0 Å². The van der Waals surface area contributed by atoms with Crippen LogP contribution in [0, 0.1) is 0 Å². The lowest BCUT2D eigenvalue weighted by atomic mass is 10.2. The molecule has 0 fully saturated rings. The van der Waals surface area contributed by atoms with Crippen LogP contribution in [0.1, 0.15) is 25.1 Å². The van der Waals surface area contributed by atoms with Crippen LogP contribution < -0.4 is 16.3 Å². The topological polar surface area (TPSA) is 104 Å². The molecule has 1 aromatic carbocycles. The SMILES string of the molecule is CC=c1[nH]n2c(=Cc3ccc(O)c(O)c3)c(=O)nc-2nc1CC. The van der Waals surface area contributed by atoms with Crippen molar-refractivity contribution >= 4 is 12.2 Å². The molecule has 7 heteroatoms. The summed E-state index contributed by atoms with van der Waals surface area (Å²) >= 11 is 0. The number of aromatic amines is 1. The molecule has 2 aliphatic heterocycles. The number of phenolic OH excluding ortho intramolecular Hbond substituents is 2. The molecule has 0 atom stereocenters. The van der Waals surface area contributed by atoms with Crippen LogP contribution in [0.3, 0.4) is 0 Å². The summed E-state index contributed by atoms with van der Waals surface area (Å²) < 4.78 is 1.51. The lowest BCUT2D eigenvalue weighted by molar-refractivity contribution is 0.403. The molecule has 0 unspecified atom stereocenters. The average Bonchev–Trinajstić information content (AvgIpc) is 2.84. The number of rotatable bonds is 2. The monoisotopic (exact) mass is 312 g/mol. The van der Waals surface area contributed by atoms with E-state index in [0.29, 0.717) is 16.9 Å². The minimum atomic E-state index is -0.420. The van der Waals surface area contributed by atoms with Gasteiger partial charge >= 0.3 is 0 Å². The molecule has 23 heavy (non-hydrogen) atoms. The largest absolute Gasteiger partial charge is 0.504 e. The molecule has 118 valence electrons. The molecule has 1 aromatic rings. The van der Waals surface area contributed by atoms with E-state index in [2.05, 4.69) is 15.1 Å². The summed E-state index contributed by atoms with van der Waals surface area (Å²) in [7, 11) is 0. The van der Waals surface area contributed by atoms with Gasteiger partial charge in [-0.15, -0.1) is 0 Å². The third-order valence-electron chi connectivity index (χ3n) is 3.57. The third kappa shape index (κ3) is 2.57. The van der Waals surface area contributed by atoms with E-state index in [1.54, 1.807) is 12.1 Å². The van der Waals surface area contributed by atoms with Gasteiger partial charge in [-0.3, -0.25) is 9.89 Å². The molecule has 3 rings (SSSR count). The highest BCUT2D eigenvalue weighted by Gasteiger charge is 2.12. The van der Waals surface area contributed by atoms with Crippen LogP contribution in [-0.2, 0) is 6.42 Å². The van der Waals surface area contributed by atoms with Crippen LogP contribution in [0.5, 0.6) is 11.5 Å². The van der Waals surface area contributed by atoms with Crippen molar-refractivity contribution in [2.45, 2.75) is 20.3 Å². The molecule has 0 saturated heterocycles. The van der Waals surface area contributed by atoms with Gasteiger partial charge in [-0.05, 0) is 37.1 Å². The predicted octanol–water partition coefficient (Wildman–Crippen LogP) is -0.00380. The van der Waals surface area contributed by atoms with Crippen molar-refractivity contribution < 1.29 is 10.2 Å². The van der Waals surface area contributed by atoms with Crippen LogP contribution in [-0.4, -0.2) is 30.0 Å². The number of aryl methyl sites for hydroxylation is 1. The number of phenols is 2. The highest BCUT2D eigenvalue weighted by molar-refractivity contribution is 5.54. The molecule has 0 amide bonds. The lowest BCUT2D eigenvalue weighted by Crippen LogP contribution is -2.33. The van der Waals surface area contributed by atoms with Gasteiger partial charge in [0.25, 0.3) is 11.5 Å². The second kappa shape index (κ2) is 5.60. The van der Waals surface area contributed by atoms with Crippen molar-refractivity contribution in [2.75, 3.05) is 0 Å². The zero-order valence-electron chi connectivity index (χ0n) is 12.7. The van der Waals surface area contributed by atoms with E-state index in [1.165, 1.54) is 16.8 Å². The second-order valence-corrected chi connectivity index (χ2v) is 5.06. The first-order valence-corrected chi connectivity index (χ1v) is 7.21. The zero-order valence-corrected chi connectivity index (χ0v) is 12.7. The number of fused-ring (bicyclic) bond motifs is 1. The van der Waals surface area contributed by atoms with Crippen molar-refractivity contribution in [1.29, 1.82) is 0 Å². The van der Waals surface area contributed by atoms with Gasteiger partial charge in [-0.2, -0.15) is 4.98 Å². The molecule has 0 aliphatic carbocycles. The Morgan fingerprint density at radius 2 is 2.04 bits per heavy atom.